The molecule has 0 aliphatic rings. The number of hydrazine groups is 1. The Labute approximate surface area is 122 Å². The van der Waals surface area contributed by atoms with E-state index >= 15 is 0 Å². The maximum Gasteiger partial charge on any atom is 0.283 e. The first kappa shape index (κ1) is 15.2. The lowest BCUT2D eigenvalue weighted by Crippen LogP contribution is -2.32. The highest BCUT2D eigenvalue weighted by molar-refractivity contribution is 5.92. The Morgan fingerprint density at radius 2 is 2.05 bits per heavy atom. The van der Waals surface area contributed by atoms with Gasteiger partial charge in [0, 0.05) is 11.0 Å². The lowest BCUT2D eigenvalue weighted by atomic mass is 9.92. The molecule has 1 heterocycles. The molecule has 0 saturated heterocycles. The third-order valence-electron chi connectivity index (χ3n) is 3.19. The van der Waals surface area contributed by atoms with Crippen LogP contribution in [0.25, 0.3) is 0 Å². The summed E-state index contributed by atoms with van der Waals surface area (Å²) >= 11 is 0. The standard InChI is InChI=1S/C15H19FN4O/c1-15(2,3)13-8-12(14(21)18-17)20(19-13)9-10-6-4-5-7-11(10)16/h4-8H,9,17H2,1-3H3,(H,18,21). The van der Waals surface area contributed by atoms with Gasteiger partial charge in [-0.2, -0.15) is 5.10 Å². The van der Waals surface area contributed by atoms with Crippen molar-refractivity contribution in [3.05, 3.63) is 53.1 Å². The molecule has 0 radical (unpaired) electrons. The van der Waals surface area contributed by atoms with Gasteiger partial charge < -0.3 is 0 Å². The summed E-state index contributed by atoms with van der Waals surface area (Å²) in [5, 5.41) is 4.42. The summed E-state index contributed by atoms with van der Waals surface area (Å²) in [6.07, 6.45) is 0. The number of nitrogens with one attached hydrogen (secondary N) is 1. The maximum absolute atomic E-state index is 13.8. The molecule has 0 unspecified atom stereocenters. The molecular weight excluding hydrogens is 271 g/mol. The molecule has 1 amide bonds. The fourth-order valence-corrected chi connectivity index (χ4v) is 1.95. The molecule has 2 rings (SSSR count). The van der Waals surface area contributed by atoms with Gasteiger partial charge in [-0.3, -0.25) is 14.9 Å². The molecule has 5 nitrogen and oxygen atoms in total. The van der Waals surface area contributed by atoms with Gasteiger partial charge in [0.05, 0.1) is 12.2 Å². The summed E-state index contributed by atoms with van der Waals surface area (Å²) in [7, 11) is 0. The van der Waals surface area contributed by atoms with Crippen molar-refractivity contribution in [2.75, 3.05) is 0 Å². The van der Waals surface area contributed by atoms with E-state index in [1.54, 1.807) is 24.3 Å². The van der Waals surface area contributed by atoms with Crippen LogP contribution in [0, 0.1) is 5.82 Å². The van der Waals surface area contributed by atoms with Gasteiger partial charge in [0.2, 0.25) is 0 Å². The number of aromatic nitrogens is 2. The van der Waals surface area contributed by atoms with Crippen LogP contribution < -0.4 is 11.3 Å². The second kappa shape index (κ2) is 5.65. The smallest absolute Gasteiger partial charge is 0.283 e. The van der Waals surface area contributed by atoms with E-state index in [0.717, 1.165) is 5.69 Å². The third-order valence-corrected chi connectivity index (χ3v) is 3.19. The molecule has 0 atom stereocenters. The SMILES string of the molecule is CC(C)(C)c1cc(C(=O)NN)n(Cc2ccccc2F)n1. The summed E-state index contributed by atoms with van der Waals surface area (Å²) in [4.78, 5) is 11.9. The van der Waals surface area contributed by atoms with E-state index in [-0.39, 0.29) is 17.8 Å². The minimum atomic E-state index is -0.450. The molecule has 6 heteroatoms. The zero-order chi connectivity index (χ0) is 15.6. The van der Waals surface area contributed by atoms with Crippen molar-refractivity contribution in [2.24, 2.45) is 5.84 Å². The molecule has 112 valence electrons. The summed E-state index contributed by atoms with van der Waals surface area (Å²) in [6, 6.07) is 8.10. The molecule has 1 aromatic heterocycles. The fourth-order valence-electron chi connectivity index (χ4n) is 1.95. The van der Waals surface area contributed by atoms with Crippen LogP contribution in [0.3, 0.4) is 0 Å². The number of nitrogen functional groups attached to an aromatic ring is 1. The number of carbonyl (C=O) groups is 1. The number of hydrogen-bond acceptors (Lipinski definition) is 3. The van der Waals surface area contributed by atoms with E-state index in [0.29, 0.717) is 11.3 Å². The first-order chi connectivity index (χ1) is 9.82. The topological polar surface area (TPSA) is 72.9 Å². The second-order valence-electron chi connectivity index (χ2n) is 5.89. The van der Waals surface area contributed by atoms with Gasteiger partial charge in [0.1, 0.15) is 11.5 Å². The van der Waals surface area contributed by atoms with Gasteiger partial charge >= 0.3 is 0 Å². The van der Waals surface area contributed by atoms with Gasteiger partial charge in [0.25, 0.3) is 5.91 Å². The third kappa shape index (κ3) is 3.28. The Hall–Kier alpha value is -2.21. The Balaban J connectivity index is 2.44. The molecule has 0 saturated carbocycles. The van der Waals surface area contributed by atoms with Crippen LogP contribution in [0.2, 0.25) is 0 Å². The van der Waals surface area contributed by atoms with Crippen LogP contribution in [0.5, 0.6) is 0 Å². The number of benzene rings is 1. The predicted molar refractivity (Wildman–Crippen MR) is 78.1 cm³/mol. The van der Waals surface area contributed by atoms with Crippen molar-refractivity contribution in [3.8, 4) is 0 Å². The lowest BCUT2D eigenvalue weighted by Gasteiger charge is -2.14. The van der Waals surface area contributed by atoms with Crippen molar-refractivity contribution in [2.45, 2.75) is 32.7 Å². The highest BCUT2D eigenvalue weighted by Gasteiger charge is 2.23. The molecule has 21 heavy (non-hydrogen) atoms. The highest BCUT2D eigenvalue weighted by atomic mass is 19.1. The van der Waals surface area contributed by atoms with Crippen molar-refractivity contribution in [3.63, 3.8) is 0 Å². The first-order valence-electron chi connectivity index (χ1n) is 6.65. The van der Waals surface area contributed by atoms with Gasteiger partial charge in [-0.25, -0.2) is 10.2 Å². The molecule has 3 N–H and O–H groups in total. The maximum atomic E-state index is 13.8. The van der Waals surface area contributed by atoms with Gasteiger partial charge in [-0.1, -0.05) is 39.0 Å². The number of rotatable bonds is 3. The van der Waals surface area contributed by atoms with E-state index in [9.17, 15) is 9.18 Å². The average Bonchev–Trinajstić information content (AvgIpc) is 2.84. The zero-order valence-corrected chi connectivity index (χ0v) is 12.4. The first-order valence-corrected chi connectivity index (χ1v) is 6.65. The summed E-state index contributed by atoms with van der Waals surface area (Å²) in [5.41, 5.74) is 3.40. The van der Waals surface area contributed by atoms with Crippen molar-refractivity contribution >= 4 is 5.91 Å². The number of amides is 1. The summed E-state index contributed by atoms with van der Waals surface area (Å²) in [5.74, 6) is 4.42. The van der Waals surface area contributed by atoms with Crippen LogP contribution in [-0.2, 0) is 12.0 Å². The number of carbonyl (C=O) groups excluding carboxylic acids is 1. The second-order valence-corrected chi connectivity index (χ2v) is 5.89. The summed E-state index contributed by atoms with van der Waals surface area (Å²) in [6.45, 7) is 6.15. The Morgan fingerprint density at radius 3 is 2.62 bits per heavy atom. The van der Waals surface area contributed by atoms with Crippen molar-refractivity contribution in [1.29, 1.82) is 0 Å². The van der Waals surface area contributed by atoms with Gasteiger partial charge in [-0.05, 0) is 12.1 Å². The predicted octanol–water partition coefficient (Wildman–Crippen LogP) is 1.97. The van der Waals surface area contributed by atoms with Crippen LogP contribution in [0.15, 0.2) is 30.3 Å². The molecule has 0 aliphatic heterocycles. The number of nitrogens with zero attached hydrogens (tertiary/aromatic N) is 2. The molecule has 0 aliphatic carbocycles. The van der Waals surface area contributed by atoms with E-state index in [4.69, 9.17) is 5.84 Å². The summed E-state index contributed by atoms with van der Waals surface area (Å²) < 4.78 is 15.2. The van der Waals surface area contributed by atoms with Gasteiger partial charge in [0.15, 0.2) is 0 Å². The van der Waals surface area contributed by atoms with Crippen LogP contribution in [0.1, 0.15) is 42.5 Å². The number of hydrogen-bond donors (Lipinski definition) is 2. The molecule has 0 fully saturated rings. The van der Waals surface area contributed by atoms with Crippen LogP contribution >= 0.6 is 0 Å². The minimum absolute atomic E-state index is 0.172. The molecule has 1 aromatic carbocycles. The van der Waals surface area contributed by atoms with Crippen LogP contribution in [0.4, 0.5) is 4.39 Å². The largest absolute Gasteiger partial charge is 0.289 e. The molecule has 0 spiro atoms. The molecule has 2 aromatic rings. The Bertz CT molecular complexity index is 658. The minimum Gasteiger partial charge on any atom is -0.289 e. The normalized spacial score (nSPS) is 11.5. The number of nitrogens with two attached hydrogens (primary N) is 1. The van der Waals surface area contributed by atoms with E-state index < -0.39 is 5.91 Å². The van der Waals surface area contributed by atoms with Crippen molar-refractivity contribution < 1.29 is 9.18 Å². The lowest BCUT2D eigenvalue weighted by molar-refractivity contribution is 0.0943. The highest BCUT2D eigenvalue weighted by Crippen LogP contribution is 2.22. The molecule has 0 bridgehead atoms. The van der Waals surface area contributed by atoms with Crippen molar-refractivity contribution in [1.82, 2.24) is 15.2 Å². The monoisotopic (exact) mass is 290 g/mol. The van der Waals surface area contributed by atoms with Crippen LogP contribution in [-0.4, -0.2) is 15.7 Å². The average molecular weight is 290 g/mol. The Kier molecular flexibility index (Phi) is 4.09. The van der Waals surface area contributed by atoms with E-state index in [2.05, 4.69) is 10.5 Å². The zero-order valence-electron chi connectivity index (χ0n) is 12.4. The molecular formula is C15H19FN4O. The number of halogens is 1. The fraction of sp³-hybridized carbons (Fsp3) is 0.333. The van der Waals surface area contributed by atoms with E-state index in [1.165, 1.54) is 10.7 Å². The van der Waals surface area contributed by atoms with E-state index in [1.807, 2.05) is 20.8 Å². The quantitative estimate of drug-likeness (QED) is 0.515. The Morgan fingerprint density at radius 1 is 1.38 bits per heavy atom. The van der Waals surface area contributed by atoms with Gasteiger partial charge in [-0.15, -0.1) is 0 Å².